The summed E-state index contributed by atoms with van der Waals surface area (Å²) in [4.78, 5) is 2.53. The molecule has 1 heterocycles. The maximum Gasteiger partial charge on any atom is 0.264 e. The number of aromatic nitrogens is 1. The molecule has 0 fully saturated rings. The summed E-state index contributed by atoms with van der Waals surface area (Å²) in [5.41, 5.74) is 1.31. The van der Waals surface area contributed by atoms with Gasteiger partial charge in [0.15, 0.2) is 12.4 Å². The zero-order chi connectivity index (χ0) is 24.8. The standard InChI is InChI=1S/C29H36N2O3S/c1-3-5-17-31(18-6-4-2)25-11-14-26-23(21-25)9-12-29-27-15-19-30(16-7-8-20-35(32,33)34)22-24(27)10-13-28(26)29/h9-15,19,21-22H,3-8,16-18,20H2,1-2H3/p+1. The summed E-state index contributed by atoms with van der Waals surface area (Å²) in [7, 11) is -3.88. The number of rotatable bonds is 12. The minimum absolute atomic E-state index is 0.185. The summed E-state index contributed by atoms with van der Waals surface area (Å²) >= 11 is 0. The van der Waals surface area contributed by atoms with Crippen molar-refractivity contribution in [2.75, 3.05) is 23.7 Å². The first-order chi connectivity index (χ1) is 16.9. The summed E-state index contributed by atoms with van der Waals surface area (Å²) < 4.78 is 32.8. The smallest absolute Gasteiger partial charge is 0.264 e. The van der Waals surface area contributed by atoms with Gasteiger partial charge < -0.3 is 4.90 Å². The highest BCUT2D eigenvalue weighted by Crippen LogP contribution is 2.33. The lowest BCUT2D eigenvalue weighted by Crippen LogP contribution is -2.32. The van der Waals surface area contributed by atoms with Gasteiger partial charge in [-0.3, -0.25) is 4.55 Å². The molecule has 6 heteroatoms. The monoisotopic (exact) mass is 493 g/mol. The van der Waals surface area contributed by atoms with Crippen LogP contribution in [0.2, 0.25) is 0 Å². The van der Waals surface area contributed by atoms with Crippen LogP contribution in [0, 0.1) is 0 Å². The Labute approximate surface area is 209 Å². The van der Waals surface area contributed by atoms with Gasteiger partial charge in [-0.25, -0.2) is 4.57 Å². The van der Waals surface area contributed by atoms with Gasteiger partial charge >= 0.3 is 0 Å². The van der Waals surface area contributed by atoms with E-state index < -0.39 is 10.1 Å². The Morgan fingerprint density at radius 2 is 1.40 bits per heavy atom. The molecule has 0 aliphatic heterocycles. The zero-order valence-corrected chi connectivity index (χ0v) is 21.7. The molecule has 1 N–H and O–H groups in total. The minimum atomic E-state index is -3.88. The highest BCUT2D eigenvalue weighted by atomic mass is 32.2. The van der Waals surface area contributed by atoms with Gasteiger partial charge in [0.05, 0.1) is 5.75 Å². The van der Waals surface area contributed by atoms with Crippen molar-refractivity contribution in [2.24, 2.45) is 0 Å². The van der Waals surface area contributed by atoms with Gasteiger partial charge in [-0.1, -0.05) is 51.0 Å². The highest BCUT2D eigenvalue weighted by molar-refractivity contribution is 7.85. The second-order valence-corrected chi connectivity index (χ2v) is 11.1. The van der Waals surface area contributed by atoms with Gasteiger partial charge in [0, 0.05) is 42.0 Å². The Kier molecular flexibility index (Phi) is 8.24. The van der Waals surface area contributed by atoms with E-state index in [1.54, 1.807) is 0 Å². The average Bonchev–Trinajstić information content (AvgIpc) is 2.85. The number of pyridine rings is 1. The van der Waals surface area contributed by atoms with Crippen molar-refractivity contribution in [3.63, 3.8) is 0 Å². The predicted octanol–water partition coefficient (Wildman–Crippen LogP) is 6.51. The summed E-state index contributed by atoms with van der Waals surface area (Å²) in [5, 5.41) is 7.45. The van der Waals surface area contributed by atoms with Crippen LogP contribution in [0.4, 0.5) is 5.69 Å². The van der Waals surface area contributed by atoms with E-state index in [1.807, 2.05) is 0 Å². The topological polar surface area (TPSA) is 61.5 Å². The molecule has 186 valence electrons. The molecule has 4 aromatic rings. The van der Waals surface area contributed by atoms with Gasteiger partial charge in [0.25, 0.3) is 10.1 Å². The maximum atomic E-state index is 10.9. The Bertz CT molecular complexity index is 1410. The third-order valence-electron chi connectivity index (χ3n) is 6.81. The molecule has 35 heavy (non-hydrogen) atoms. The lowest BCUT2D eigenvalue weighted by Gasteiger charge is -2.25. The van der Waals surface area contributed by atoms with Crippen molar-refractivity contribution in [1.29, 1.82) is 0 Å². The molecule has 0 amide bonds. The number of benzene rings is 3. The first-order valence-corrected chi connectivity index (χ1v) is 14.5. The molecule has 1 aromatic heterocycles. The van der Waals surface area contributed by atoms with Gasteiger partial charge in [-0.05, 0) is 59.0 Å². The quantitative estimate of drug-likeness (QED) is 0.106. The lowest BCUT2D eigenvalue weighted by atomic mass is 9.97. The summed E-state index contributed by atoms with van der Waals surface area (Å²) in [5.74, 6) is -0.185. The van der Waals surface area contributed by atoms with Crippen LogP contribution in [0.25, 0.3) is 32.3 Å². The largest absolute Gasteiger partial charge is 0.372 e. The van der Waals surface area contributed by atoms with E-state index in [2.05, 4.69) is 84.2 Å². The van der Waals surface area contributed by atoms with Gasteiger partial charge in [0.2, 0.25) is 0 Å². The molecule has 0 radical (unpaired) electrons. The van der Waals surface area contributed by atoms with Crippen LogP contribution in [0.3, 0.4) is 0 Å². The molecule has 0 spiro atoms. The molecule has 4 rings (SSSR count). The zero-order valence-electron chi connectivity index (χ0n) is 20.9. The molecule has 3 aromatic carbocycles. The van der Waals surface area contributed by atoms with Crippen molar-refractivity contribution >= 4 is 48.1 Å². The molecule has 5 nitrogen and oxygen atoms in total. The van der Waals surface area contributed by atoms with Crippen molar-refractivity contribution in [2.45, 2.75) is 58.9 Å². The minimum Gasteiger partial charge on any atom is -0.372 e. The van der Waals surface area contributed by atoms with E-state index in [-0.39, 0.29) is 5.75 Å². The van der Waals surface area contributed by atoms with E-state index >= 15 is 0 Å². The second-order valence-electron chi connectivity index (χ2n) is 9.50. The summed E-state index contributed by atoms with van der Waals surface area (Å²) in [6, 6.07) is 17.9. The van der Waals surface area contributed by atoms with Crippen LogP contribution in [0.1, 0.15) is 52.4 Å². The fraction of sp³-hybridized carbons (Fsp3) is 0.414. The Morgan fingerprint density at radius 1 is 0.771 bits per heavy atom. The average molecular weight is 494 g/mol. The van der Waals surface area contributed by atoms with Crippen LogP contribution < -0.4 is 9.47 Å². The fourth-order valence-corrected chi connectivity index (χ4v) is 5.42. The number of hydrogen-bond acceptors (Lipinski definition) is 3. The Hall–Kier alpha value is -2.70. The third-order valence-corrected chi connectivity index (χ3v) is 7.61. The van der Waals surface area contributed by atoms with Crippen molar-refractivity contribution in [3.05, 3.63) is 60.9 Å². The Morgan fingerprint density at radius 3 is 2.06 bits per heavy atom. The lowest BCUT2D eigenvalue weighted by molar-refractivity contribution is -0.696. The van der Waals surface area contributed by atoms with Gasteiger partial charge in [-0.2, -0.15) is 8.42 Å². The predicted molar refractivity (Wildman–Crippen MR) is 147 cm³/mol. The number of hydrogen-bond donors (Lipinski definition) is 1. The molecule has 0 aliphatic carbocycles. The number of nitrogens with zero attached hydrogens (tertiary/aromatic N) is 2. The van der Waals surface area contributed by atoms with Crippen LogP contribution >= 0.6 is 0 Å². The Balaban J connectivity index is 1.61. The van der Waals surface area contributed by atoms with Crippen molar-refractivity contribution in [3.8, 4) is 0 Å². The fourth-order valence-electron chi connectivity index (χ4n) is 4.85. The molecule has 0 saturated heterocycles. The number of fused-ring (bicyclic) bond motifs is 5. The van der Waals surface area contributed by atoms with Gasteiger partial charge in [-0.15, -0.1) is 0 Å². The number of aryl methyl sites for hydroxylation is 1. The van der Waals surface area contributed by atoms with Crippen molar-refractivity contribution < 1.29 is 17.5 Å². The van der Waals surface area contributed by atoms with E-state index in [9.17, 15) is 8.42 Å². The second kappa shape index (κ2) is 11.4. The van der Waals surface area contributed by atoms with Crippen LogP contribution in [0.5, 0.6) is 0 Å². The highest BCUT2D eigenvalue weighted by Gasteiger charge is 2.12. The first kappa shape index (κ1) is 25.4. The van der Waals surface area contributed by atoms with E-state index in [0.29, 0.717) is 12.8 Å². The van der Waals surface area contributed by atoms with Crippen LogP contribution in [0.15, 0.2) is 60.9 Å². The normalized spacial score (nSPS) is 12.1. The van der Waals surface area contributed by atoms with E-state index in [4.69, 9.17) is 4.55 Å². The van der Waals surface area contributed by atoms with Crippen LogP contribution in [-0.4, -0.2) is 31.8 Å². The number of anilines is 1. The van der Waals surface area contributed by atoms with Crippen LogP contribution in [-0.2, 0) is 16.7 Å². The number of unbranched alkanes of at least 4 members (excludes halogenated alkanes) is 3. The molecule has 0 atom stereocenters. The molecule has 0 bridgehead atoms. The summed E-state index contributed by atoms with van der Waals surface area (Å²) in [6.07, 6.45) is 10.2. The third kappa shape index (κ3) is 6.30. The van der Waals surface area contributed by atoms with Gasteiger partial charge in [0.1, 0.15) is 6.54 Å². The molecule has 0 saturated carbocycles. The first-order valence-electron chi connectivity index (χ1n) is 12.9. The van der Waals surface area contributed by atoms with E-state index in [0.717, 1.165) is 25.0 Å². The molecule has 0 unspecified atom stereocenters. The molecule has 0 aliphatic rings. The SMILES string of the molecule is CCCCN(CCCC)c1ccc2c(ccc3c4cc[n+](CCCCS(=O)(=O)O)cc4ccc23)c1. The maximum absolute atomic E-state index is 10.9. The molecular weight excluding hydrogens is 456 g/mol. The summed E-state index contributed by atoms with van der Waals surface area (Å²) in [6.45, 7) is 7.43. The van der Waals surface area contributed by atoms with E-state index in [1.165, 1.54) is 58.3 Å². The molecular formula is C29H37N2O3S+. The van der Waals surface area contributed by atoms with Crippen molar-refractivity contribution in [1.82, 2.24) is 0 Å².